The Morgan fingerprint density at radius 2 is 2.03 bits per heavy atom. The first kappa shape index (κ1) is 18.3. The fraction of sp³-hybridized carbons (Fsp3) is 0.105. The maximum atomic E-state index is 14.4. The number of fused-ring (bicyclic) bond motifs is 1. The molecule has 4 rings (SSSR count). The van der Waals surface area contributed by atoms with Crippen LogP contribution >= 0.6 is 0 Å². The van der Waals surface area contributed by atoms with Crippen molar-refractivity contribution in [1.82, 2.24) is 19.5 Å². The lowest BCUT2D eigenvalue weighted by Crippen LogP contribution is -2.04. The van der Waals surface area contributed by atoms with Gasteiger partial charge in [0.25, 0.3) is 0 Å². The van der Waals surface area contributed by atoms with E-state index in [1.54, 1.807) is 0 Å². The fourth-order valence-electron chi connectivity index (χ4n) is 3.13. The second-order valence-electron chi connectivity index (χ2n) is 6.16. The van der Waals surface area contributed by atoms with Crippen LogP contribution in [0.15, 0.2) is 48.9 Å². The Morgan fingerprint density at radius 3 is 2.79 bits per heavy atom. The number of nitro benzene ring substituents is 1. The first-order chi connectivity index (χ1) is 14.0. The first-order valence-corrected chi connectivity index (χ1v) is 8.51. The van der Waals surface area contributed by atoms with Gasteiger partial charge in [-0.2, -0.15) is 9.37 Å². The number of ether oxygens (including phenoxy) is 1. The third-order valence-electron chi connectivity index (χ3n) is 4.43. The van der Waals surface area contributed by atoms with Crippen molar-refractivity contribution in [3.8, 4) is 17.1 Å². The Labute approximate surface area is 164 Å². The molecule has 10 heteroatoms. The van der Waals surface area contributed by atoms with Crippen molar-refractivity contribution in [1.29, 1.82) is 0 Å². The van der Waals surface area contributed by atoms with E-state index in [4.69, 9.17) is 4.74 Å². The topological polar surface area (TPSA) is 108 Å². The van der Waals surface area contributed by atoms with E-state index < -0.39 is 16.4 Å². The molecular weight excluding hydrogens is 379 g/mol. The highest BCUT2D eigenvalue weighted by Crippen LogP contribution is 2.35. The SMILES string of the molecule is COc1c(Nc2ncnc(-c3cccc4ccn(C)c34)n2)ccc([N+](=O)[O-])c1F. The van der Waals surface area contributed by atoms with Gasteiger partial charge in [-0.15, -0.1) is 0 Å². The summed E-state index contributed by atoms with van der Waals surface area (Å²) >= 11 is 0. The van der Waals surface area contributed by atoms with Crippen molar-refractivity contribution in [3.05, 3.63) is 64.9 Å². The minimum Gasteiger partial charge on any atom is -0.491 e. The van der Waals surface area contributed by atoms with Crippen LogP contribution in [0.2, 0.25) is 0 Å². The lowest BCUT2D eigenvalue weighted by atomic mass is 10.1. The smallest absolute Gasteiger partial charge is 0.308 e. The summed E-state index contributed by atoms with van der Waals surface area (Å²) in [4.78, 5) is 22.8. The molecule has 0 saturated heterocycles. The molecule has 0 aliphatic rings. The van der Waals surface area contributed by atoms with Gasteiger partial charge in [-0.05, 0) is 18.2 Å². The van der Waals surface area contributed by atoms with Crippen LogP contribution in [0, 0.1) is 15.9 Å². The van der Waals surface area contributed by atoms with Gasteiger partial charge in [-0.3, -0.25) is 10.1 Å². The summed E-state index contributed by atoms with van der Waals surface area (Å²) in [6.07, 6.45) is 3.28. The summed E-state index contributed by atoms with van der Waals surface area (Å²) < 4.78 is 21.3. The number of aryl methyl sites for hydroxylation is 1. The highest BCUT2D eigenvalue weighted by Gasteiger charge is 2.22. The van der Waals surface area contributed by atoms with Crippen molar-refractivity contribution in [2.45, 2.75) is 0 Å². The summed E-state index contributed by atoms with van der Waals surface area (Å²) in [6.45, 7) is 0. The van der Waals surface area contributed by atoms with Crippen LogP contribution in [0.1, 0.15) is 0 Å². The predicted molar refractivity (Wildman–Crippen MR) is 105 cm³/mol. The van der Waals surface area contributed by atoms with Crippen molar-refractivity contribution < 1.29 is 14.1 Å². The molecule has 0 fully saturated rings. The van der Waals surface area contributed by atoms with Crippen LogP contribution < -0.4 is 10.1 Å². The second-order valence-corrected chi connectivity index (χ2v) is 6.16. The third-order valence-corrected chi connectivity index (χ3v) is 4.43. The van der Waals surface area contributed by atoms with E-state index in [-0.39, 0.29) is 17.4 Å². The number of hydrogen-bond acceptors (Lipinski definition) is 7. The Kier molecular flexibility index (Phi) is 4.51. The van der Waals surface area contributed by atoms with E-state index in [1.807, 2.05) is 42.1 Å². The van der Waals surface area contributed by atoms with Crippen LogP contribution in [0.25, 0.3) is 22.3 Å². The van der Waals surface area contributed by atoms with Crippen LogP contribution in [0.4, 0.5) is 21.7 Å². The fourth-order valence-corrected chi connectivity index (χ4v) is 3.13. The lowest BCUT2D eigenvalue weighted by molar-refractivity contribution is -0.387. The summed E-state index contributed by atoms with van der Waals surface area (Å²) in [5, 5.41) is 14.8. The predicted octanol–water partition coefficient (Wildman–Crippen LogP) is 3.83. The monoisotopic (exact) mass is 394 g/mol. The molecule has 0 unspecified atom stereocenters. The largest absolute Gasteiger partial charge is 0.491 e. The molecular formula is C19H15FN6O3. The standard InChI is InChI=1S/C19H15FN6O3/c1-25-9-8-11-4-3-5-12(16(11)25)18-21-10-22-19(24-18)23-13-6-7-14(26(27)28)15(20)17(13)29-2/h3-10H,1-2H3,(H,21,22,23,24). The molecule has 146 valence electrons. The molecule has 29 heavy (non-hydrogen) atoms. The van der Waals surface area contributed by atoms with Crippen LogP contribution in [0.3, 0.4) is 0 Å². The second kappa shape index (κ2) is 7.15. The molecule has 0 bridgehead atoms. The van der Waals surface area contributed by atoms with Crippen LogP contribution in [0.5, 0.6) is 5.75 Å². The van der Waals surface area contributed by atoms with Crippen LogP contribution in [-0.2, 0) is 7.05 Å². The number of methoxy groups -OCH3 is 1. The van der Waals surface area contributed by atoms with E-state index in [0.717, 1.165) is 22.5 Å². The minimum atomic E-state index is -1.08. The van der Waals surface area contributed by atoms with Gasteiger partial charge < -0.3 is 14.6 Å². The number of halogens is 1. The molecule has 0 aliphatic heterocycles. The summed E-state index contributed by atoms with van der Waals surface area (Å²) in [5.41, 5.74) is 1.25. The highest BCUT2D eigenvalue weighted by atomic mass is 19.1. The number of anilines is 2. The Bertz CT molecular complexity index is 1240. The van der Waals surface area contributed by atoms with Crippen molar-refractivity contribution in [2.75, 3.05) is 12.4 Å². The zero-order valence-electron chi connectivity index (χ0n) is 15.5. The molecule has 0 radical (unpaired) electrons. The summed E-state index contributed by atoms with van der Waals surface area (Å²) in [5.74, 6) is -0.805. The highest BCUT2D eigenvalue weighted by molar-refractivity contribution is 5.93. The van der Waals surface area contributed by atoms with Gasteiger partial charge in [-0.1, -0.05) is 12.1 Å². The van der Waals surface area contributed by atoms with Gasteiger partial charge >= 0.3 is 5.69 Å². The average Bonchev–Trinajstić information content (AvgIpc) is 3.09. The van der Waals surface area contributed by atoms with E-state index in [9.17, 15) is 14.5 Å². The molecule has 0 aliphatic carbocycles. The minimum absolute atomic E-state index is 0.146. The number of nitrogens with zero attached hydrogens (tertiary/aromatic N) is 5. The Hall–Kier alpha value is -4.08. The van der Waals surface area contributed by atoms with Gasteiger partial charge in [0.05, 0.1) is 23.2 Å². The quantitative estimate of drug-likeness (QED) is 0.405. The zero-order chi connectivity index (χ0) is 20.5. The summed E-state index contributed by atoms with van der Waals surface area (Å²) in [6, 6.07) is 10.2. The van der Waals surface area contributed by atoms with Crippen molar-refractivity contribution in [2.24, 2.45) is 7.05 Å². The number of rotatable bonds is 5. The zero-order valence-corrected chi connectivity index (χ0v) is 15.5. The number of para-hydroxylation sites is 1. The van der Waals surface area contributed by atoms with E-state index >= 15 is 0 Å². The van der Waals surface area contributed by atoms with Gasteiger partial charge in [0.15, 0.2) is 11.6 Å². The van der Waals surface area contributed by atoms with E-state index in [1.165, 1.54) is 19.5 Å². The number of hydrogen-bond donors (Lipinski definition) is 1. The lowest BCUT2D eigenvalue weighted by Gasteiger charge is -2.11. The molecule has 0 atom stereocenters. The van der Waals surface area contributed by atoms with Gasteiger partial charge in [0, 0.05) is 30.3 Å². The molecule has 2 aromatic heterocycles. The summed E-state index contributed by atoms with van der Waals surface area (Å²) in [7, 11) is 3.15. The molecule has 9 nitrogen and oxygen atoms in total. The maximum Gasteiger partial charge on any atom is 0.308 e. The van der Waals surface area contributed by atoms with E-state index in [0.29, 0.717) is 5.82 Å². The molecule has 2 heterocycles. The van der Waals surface area contributed by atoms with Gasteiger partial charge in [-0.25, -0.2) is 9.97 Å². The maximum absolute atomic E-state index is 14.4. The van der Waals surface area contributed by atoms with Gasteiger partial charge in [0.1, 0.15) is 6.33 Å². The number of nitrogens with one attached hydrogen (secondary N) is 1. The average molecular weight is 394 g/mol. The molecule has 0 saturated carbocycles. The number of benzene rings is 2. The molecule has 4 aromatic rings. The van der Waals surface area contributed by atoms with Gasteiger partial charge in [0.2, 0.25) is 11.8 Å². The first-order valence-electron chi connectivity index (χ1n) is 8.51. The normalized spacial score (nSPS) is 10.9. The molecule has 1 N–H and O–H groups in total. The number of aromatic nitrogens is 4. The Balaban J connectivity index is 1.75. The van der Waals surface area contributed by atoms with Crippen molar-refractivity contribution >= 4 is 28.2 Å². The third kappa shape index (κ3) is 3.20. The molecule has 0 spiro atoms. The van der Waals surface area contributed by atoms with Crippen LogP contribution in [-0.4, -0.2) is 31.6 Å². The van der Waals surface area contributed by atoms with Crippen molar-refractivity contribution in [3.63, 3.8) is 0 Å². The molecule has 0 amide bonds. The molecule has 2 aromatic carbocycles. The Morgan fingerprint density at radius 1 is 1.21 bits per heavy atom. The number of nitro groups is 1. The van der Waals surface area contributed by atoms with E-state index in [2.05, 4.69) is 20.3 Å².